The van der Waals surface area contributed by atoms with Crippen LogP contribution in [0.15, 0.2) is 24.3 Å². The van der Waals surface area contributed by atoms with Crippen LogP contribution in [-0.4, -0.2) is 23.9 Å². The molecular formula is C13H21NO2. The van der Waals surface area contributed by atoms with Crippen molar-refractivity contribution < 1.29 is 9.84 Å². The summed E-state index contributed by atoms with van der Waals surface area (Å²) in [5, 5.41) is 9.12. The molecule has 0 aliphatic rings. The maximum Gasteiger partial charge on any atom is 0.120 e. The minimum absolute atomic E-state index is 0.0173. The van der Waals surface area contributed by atoms with E-state index in [4.69, 9.17) is 15.6 Å². The average molecular weight is 223 g/mol. The smallest absolute Gasteiger partial charge is 0.120 e. The van der Waals surface area contributed by atoms with E-state index >= 15 is 0 Å². The van der Waals surface area contributed by atoms with Gasteiger partial charge in [-0.25, -0.2) is 0 Å². The summed E-state index contributed by atoms with van der Waals surface area (Å²) in [6, 6.07) is 7.74. The van der Waals surface area contributed by atoms with E-state index in [1.807, 2.05) is 45.0 Å². The molecular weight excluding hydrogens is 202 g/mol. The molecule has 1 unspecified atom stereocenters. The molecule has 0 saturated carbocycles. The molecule has 0 aliphatic carbocycles. The topological polar surface area (TPSA) is 55.5 Å². The molecule has 16 heavy (non-hydrogen) atoms. The third-order valence-corrected chi connectivity index (χ3v) is 2.28. The summed E-state index contributed by atoms with van der Waals surface area (Å²) < 4.78 is 5.71. The van der Waals surface area contributed by atoms with E-state index in [9.17, 15) is 0 Å². The average Bonchev–Trinajstić information content (AvgIpc) is 2.20. The SMILES string of the molecule is CC(C)(C)Oc1ccc(C(CN)CO)cc1. The Balaban J connectivity index is 2.75. The zero-order chi connectivity index (χ0) is 12.2. The molecule has 1 aromatic rings. The third-order valence-electron chi connectivity index (χ3n) is 2.28. The lowest BCUT2D eigenvalue weighted by molar-refractivity contribution is 0.131. The second-order valence-electron chi connectivity index (χ2n) is 4.90. The highest BCUT2D eigenvalue weighted by atomic mass is 16.5. The van der Waals surface area contributed by atoms with Crippen molar-refractivity contribution in [2.24, 2.45) is 5.73 Å². The van der Waals surface area contributed by atoms with Crippen LogP contribution in [0.1, 0.15) is 32.3 Å². The highest BCUT2D eigenvalue weighted by molar-refractivity contribution is 5.30. The van der Waals surface area contributed by atoms with E-state index in [0.717, 1.165) is 11.3 Å². The summed E-state index contributed by atoms with van der Waals surface area (Å²) in [7, 11) is 0. The number of rotatable bonds is 4. The van der Waals surface area contributed by atoms with Crippen molar-refractivity contribution in [1.29, 1.82) is 0 Å². The molecule has 0 fully saturated rings. The molecule has 3 nitrogen and oxygen atoms in total. The van der Waals surface area contributed by atoms with E-state index in [0.29, 0.717) is 6.54 Å². The third kappa shape index (κ3) is 3.83. The fourth-order valence-electron chi connectivity index (χ4n) is 1.48. The van der Waals surface area contributed by atoms with Crippen LogP contribution >= 0.6 is 0 Å². The normalized spacial score (nSPS) is 13.6. The highest BCUT2D eigenvalue weighted by Crippen LogP contribution is 2.21. The predicted molar refractivity (Wildman–Crippen MR) is 65.7 cm³/mol. The van der Waals surface area contributed by atoms with Gasteiger partial charge in [0.2, 0.25) is 0 Å². The molecule has 0 aromatic heterocycles. The first-order valence-electron chi connectivity index (χ1n) is 5.56. The minimum Gasteiger partial charge on any atom is -0.488 e. The van der Waals surface area contributed by atoms with Crippen LogP contribution in [0.3, 0.4) is 0 Å². The lowest BCUT2D eigenvalue weighted by Gasteiger charge is -2.21. The predicted octanol–water partition coefficient (Wildman–Crippen LogP) is 1.90. The fraction of sp³-hybridized carbons (Fsp3) is 0.538. The van der Waals surface area contributed by atoms with Crippen molar-refractivity contribution in [2.75, 3.05) is 13.2 Å². The van der Waals surface area contributed by atoms with Gasteiger partial charge in [-0.15, -0.1) is 0 Å². The van der Waals surface area contributed by atoms with Crippen LogP contribution in [0.2, 0.25) is 0 Å². The summed E-state index contributed by atoms with van der Waals surface area (Å²) in [4.78, 5) is 0. The number of aliphatic hydroxyl groups excluding tert-OH is 1. The van der Waals surface area contributed by atoms with Crippen molar-refractivity contribution in [3.05, 3.63) is 29.8 Å². The molecule has 0 amide bonds. The summed E-state index contributed by atoms with van der Waals surface area (Å²) >= 11 is 0. The molecule has 1 atom stereocenters. The molecule has 90 valence electrons. The number of hydrogen-bond acceptors (Lipinski definition) is 3. The van der Waals surface area contributed by atoms with Gasteiger partial charge in [0.25, 0.3) is 0 Å². The van der Waals surface area contributed by atoms with Crippen LogP contribution in [-0.2, 0) is 0 Å². The quantitative estimate of drug-likeness (QED) is 0.819. The van der Waals surface area contributed by atoms with Crippen molar-refractivity contribution in [3.63, 3.8) is 0 Å². The van der Waals surface area contributed by atoms with Crippen LogP contribution < -0.4 is 10.5 Å². The van der Waals surface area contributed by atoms with E-state index in [1.165, 1.54) is 0 Å². The van der Waals surface area contributed by atoms with Gasteiger partial charge >= 0.3 is 0 Å². The molecule has 0 radical (unpaired) electrons. The maximum absolute atomic E-state index is 9.12. The molecule has 0 saturated heterocycles. The Bertz CT molecular complexity index is 310. The Hall–Kier alpha value is -1.06. The van der Waals surface area contributed by atoms with Gasteiger partial charge in [0.1, 0.15) is 11.4 Å². The van der Waals surface area contributed by atoms with E-state index < -0.39 is 0 Å². The zero-order valence-electron chi connectivity index (χ0n) is 10.2. The molecule has 0 aliphatic heterocycles. The fourth-order valence-corrected chi connectivity index (χ4v) is 1.48. The molecule has 3 heteroatoms. The summed E-state index contributed by atoms with van der Waals surface area (Å²) in [5.41, 5.74) is 6.42. The molecule has 1 rings (SSSR count). The standard InChI is InChI=1S/C13H21NO2/c1-13(2,3)16-12-6-4-10(5-7-12)11(8-14)9-15/h4-7,11,15H,8-9,14H2,1-3H3. The van der Waals surface area contributed by atoms with Gasteiger partial charge in [0, 0.05) is 12.5 Å². The first-order valence-corrected chi connectivity index (χ1v) is 5.56. The minimum atomic E-state index is -0.189. The summed E-state index contributed by atoms with van der Waals surface area (Å²) in [5.74, 6) is 0.855. The van der Waals surface area contributed by atoms with Crippen LogP contribution in [0.4, 0.5) is 0 Å². The molecule has 0 spiro atoms. The summed E-state index contributed by atoms with van der Waals surface area (Å²) in [6.07, 6.45) is 0. The van der Waals surface area contributed by atoms with Crippen molar-refractivity contribution in [3.8, 4) is 5.75 Å². The number of ether oxygens (including phenoxy) is 1. The maximum atomic E-state index is 9.12. The second kappa shape index (κ2) is 5.32. The lowest BCUT2D eigenvalue weighted by atomic mass is 10.0. The van der Waals surface area contributed by atoms with E-state index in [-0.39, 0.29) is 18.1 Å². The Labute approximate surface area is 97.2 Å². The van der Waals surface area contributed by atoms with Crippen molar-refractivity contribution in [1.82, 2.24) is 0 Å². The van der Waals surface area contributed by atoms with Gasteiger partial charge < -0.3 is 15.6 Å². The number of hydrogen-bond donors (Lipinski definition) is 2. The van der Waals surface area contributed by atoms with Crippen LogP contribution in [0.5, 0.6) is 5.75 Å². The van der Waals surface area contributed by atoms with Gasteiger partial charge in [-0.05, 0) is 38.5 Å². The van der Waals surface area contributed by atoms with Crippen LogP contribution in [0, 0.1) is 0 Å². The Morgan fingerprint density at radius 1 is 1.25 bits per heavy atom. The van der Waals surface area contributed by atoms with E-state index in [1.54, 1.807) is 0 Å². The first-order chi connectivity index (χ1) is 7.46. The largest absolute Gasteiger partial charge is 0.488 e. The van der Waals surface area contributed by atoms with Gasteiger partial charge in [-0.1, -0.05) is 12.1 Å². The Kier molecular flexibility index (Phi) is 4.33. The first kappa shape index (κ1) is 13.0. The van der Waals surface area contributed by atoms with Crippen molar-refractivity contribution >= 4 is 0 Å². The van der Waals surface area contributed by atoms with Gasteiger partial charge in [-0.2, -0.15) is 0 Å². The number of nitrogens with two attached hydrogens (primary N) is 1. The zero-order valence-corrected chi connectivity index (χ0v) is 10.2. The number of aliphatic hydroxyl groups is 1. The highest BCUT2D eigenvalue weighted by Gasteiger charge is 2.12. The summed E-state index contributed by atoms with van der Waals surface area (Å²) in [6.45, 7) is 6.57. The molecule has 3 N–H and O–H groups in total. The molecule has 0 heterocycles. The van der Waals surface area contributed by atoms with Crippen molar-refractivity contribution in [2.45, 2.75) is 32.3 Å². The van der Waals surface area contributed by atoms with Gasteiger partial charge in [-0.3, -0.25) is 0 Å². The van der Waals surface area contributed by atoms with Gasteiger partial charge in [0.15, 0.2) is 0 Å². The lowest BCUT2D eigenvalue weighted by Crippen LogP contribution is -2.23. The Morgan fingerprint density at radius 3 is 2.19 bits per heavy atom. The Morgan fingerprint density at radius 2 is 1.81 bits per heavy atom. The molecule has 0 bridgehead atoms. The van der Waals surface area contributed by atoms with E-state index in [2.05, 4.69) is 0 Å². The second-order valence-corrected chi connectivity index (χ2v) is 4.90. The molecule has 1 aromatic carbocycles. The van der Waals surface area contributed by atoms with Gasteiger partial charge in [0.05, 0.1) is 6.61 Å². The number of benzene rings is 1. The monoisotopic (exact) mass is 223 g/mol. The van der Waals surface area contributed by atoms with Crippen LogP contribution in [0.25, 0.3) is 0 Å².